The molecule has 0 aliphatic carbocycles. The van der Waals surface area contributed by atoms with E-state index in [0.29, 0.717) is 11.4 Å². The van der Waals surface area contributed by atoms with Gasteiger partial charge in [0.05, 0.1) is 0 Å². The van der Waals surface area contributed by atoms with Crippen LogP contribution in [0.1, 0.15) is 10.4 Å². The smallest absolute Gasteiger partial charge is 0.283 e. The van der Waals surface area contributed by atoms with Crippen LogP contribution in [-0.4, -0.2) is 23.2 Å². The van der Waals surface area contributed by atoms with Crippen molar-refractivity contribution in [3.8, 4) is 0 Å². The van der Waals surface area contributed by atoms with E-state index in [1.807, 2.05) is 42.5 Å². The fourth-order valence-corrected chi connectivity index (χ4v) is 2.88. The van der Waals surface area contributed by atoms with Gasteiger partial charge in [0.2, 0.25) is 0 Å². The number of rotatable bonds is 3. The lowest BCUT2D eigenvalue weighted by Crippen LogP contribution is -2.13. The van der Waals surface area contributed by atoms with Crippen LogP contribution in [0.5, 0.6) is 0 Å². The van der Waals surface area contributed by atoms with Crippen LogP contribution in [0.25, 0.3) is 10.8 Å². The number of benzene rings is 2. The molecule has 0 saturated heterocycles. The number of thioether (sulfide) groups is 1. The summed E-state index contributed by atoms with van der Waals surface area (Å²) in [4.78, 5) is 28.9. The van der Waals surface area contributed by atoms with Crippen molar-refractivity contribution in [2.45, 2.75) is 4.90 Å². The van der Waals surface area contributed by atoms with E-state index < -0.39 is 0 Å². The van der Waals surface area contributed by atoms with Crippen LogP contribution in [0.2, 0.25) is 0 Å². The van der Waals surface area contributed by atoms with Crippen LogP contribution in [0.15, 0.2) is 65.7 Å². The van der Waals surface area contributed by atoms with Crippen molar-refractivity contribution >= 4 is 39.5 Å². The normalized spacial score (nSPS) is 10.4. The van der Waals surface area contributed by atoms with Crippen LogP contribution in [0.4, 0.5) is 10.6 Å². The Labute approximate surface area is 143 Å². The summed E-state index contributed by atoms with van der Waals surface area (Å²) in [7, 11) is 1.59. The van der Waals surface area contributed by atoms with Gasteiger partial charge >= 0.3 is 0 Å². The van der Waals surface area contributed by atoms with Crippen molar-refractivity contribution in [1.29, 1.82) is 0 Å². The second-order valence-corrected chi connectivity index (χ2v) is 6.05. The number of amides is 2. The van der Waals surface area contributed by atoms with Gasteiger partial charge in [0.1, 0.15) is 5.82 Å². The van der Waals surface area contributed by atoms with Crippen molar-refractivity contribution in [2.24, 2.45) is 0 Å². The molecule has 5 nitrogen and oxygen atoms in total. The first kappa shape index (κ1) is 16.0. The summed E-state index contributed by atoms with van der Waals surface area (Å²) in [5, 5.41) is 7.01. The molecule has 0 unspecified atom stereocenters. The molecule has 1 heterocycles. The summed E-state index contributed by atoms with van der Waals surface area (Å²) in [6.07, 6.45) is 1.64. The highest BCUT2D eigenvalue weighted by Crippen LogP contribution is 2.27. The highest BCUT2D eigenvalue weighted by Gasteiger charge is 2.10. The maximum absolute atomic E-state index is 12.3. The summed E-state index contributed by atoms with van der Waals surface area (Å²) < 4.78 is 0. The topological polar surface area (TPSA) is 71.1 Å². The quantitative estimate of drug-likeness (QED) is 0.711. The number of pyridine rings is 1. The van der Waals surface area contributed by atoms with Crippen molar-refractivity contribution in [3.05, 3.63) is 66.4 Å². The SMILES string of the molecule is CNC(=O)Sc1ccc2c(NC(=O)c3ccccc3)nccc2c1. The van der Waals surface area contributed by atoms with Crippen LogP contribution in [0.3, 0.4) is 0 Å². The Bertz CT molecular complexity index is 897. The van der Waals surface area contributed by atoms with Crippen LogP contribution < -0.4 is 10.6 Å². The third-order valence-electron chi connectivity index (χ3n) is 3.42. The number of nitrogens with zero attached hydrogens (tertiary/aromatic N) is 1. The largest absolute Gasteiger partial charge is 0.350 e. The molecule has 0 fully saturated rings. The number of hydrogen-bond acceptors (Lipinski definition) is 4. The molecule has 1 aromatic heterocycles. The number of anilines is 1. The number of fused-ring (bicyclic) bond motifs is 1. The van der Waals surface area contributed by atoms with E-state index in [9.17, 15) is 9.59 Å². The molecule has 6 heteroatoms. The van der Waals surface area contributed by atoms with Gasteiger partial charge in [0, 0.05) is 29.1 Å². The zero-order valence-electron chi connectivity index (χ0n) is 12.9. The van der Waals surface area contributed by atoms with E-state index in [2.05, 4.69) is 15.6 Å². The van der Waals surface area contributed by atoms with Crippen molar-refractivity contribution in [1.82, 2.24) is 10.3 Å². The van der Waals surface area contributed by atoms with Gasteiger partial charge in [-0.25, -0.2) is 4.98 Å². The summed E-state index contributed by atoms with van der Waals surface area (Å²) >= 11 is 1.12. The zero-order chi connectivity index (χ0) is 16.9. The number of carbonyl (C=O) groups is 2. The lowest BCUT2D eigenvalue weighted by Gasteiger charge is -2.09. The van der Waals surface area contributed by atoms with E-state index >= 15 is 0 Å². The summed E-state index contributed by atoms with van der Waals surface area (Å²) in [6, 6.07) is 16.4. The lowest BCUT2D eigenvalue weighted by atomic mass is 10.1. The third-order valence-corrected chi connectivity index (χ3v) is 4.30. The Kier molecular flexibility index (Phi) is 4.77. The Morgan fingerprint density at radius 3 is 2.58 bits per heavy atom. The Morgan fingerprint density at radius 1 is 1.04 bits per heavy atom. The van der Waals surface area contributed by atoms with E-state index in [-0.39, 0.29) is 11.1 Å². The van der Waals surface area contributed by atoms with E-state index in [1.165, 1.54) is 0 Å². The molecular formula is C18H15N3O2S. The summed E-state index contributed by atoms with van der Waals surface area (Å²) in [5.74, 6) is 0.289. The predicted octanol–water partition coefficient (Wildman–Crippen LogP) is 3.92. The van der Waals surface area contributed by atoms with E-state index in [1.54, 1.807) is 25.4 Å². The van der Waals surface area contributed by atoms with Crippen molar-refractivity contribution in [3.63, 3.8) is 0 Å². The van der Waals surface area contributed by atoms with E-state index in [0.717, 1.165) is 27.4 Å². The number of hydrogen-bond donors (Lipinski definition) is 2. The van der Waals surface area contributed by atoms with Gasteiger partial charge in [0.15, 0.2) is 0 Å². The molecule has 0 atom stereocenters. The van der Waals surface area contributed by atoms with Gasteiger partial charge in [-0.15, -0.1) is 0 Å². The molecule has 0 spiro atoms. The molecule has 0 aliphatic rings. The van der Waals surface area contributed by atoms with Crippen LogP contribution >= 0.6 is 11.8 Å². The molecule has 3 rings (SSSR count). The van der Waals surface area contributed by atoms with Crippen LogP contribution in [0, 0.1) is 0 Å². The first-order chi connectivity index (χ1) is 11.7. The minimum Gasteiger partial charge on any atom is -0.350 e. The fraction of sp³-hybridized carbons (Fsp3) is 0.0556. The summed E-state index contributed by atoms with van der Waals surface area (Å²) in [6.45, 7) is 0. The maximum atomic E-state index is 12.3. The number of aromatic nitrogens is 1. The Balaban J connectivity index is 1.89. The highest BCUT2D eigenvalue weighted by atomic mass is 32.2. The van der Waals surface area contributed by atoms with Gasteiger partial charge in [-0.3, -0.25) is 9.59 Å². The maximum Gasteiger partial charge on any atom is 0.283 e. The highest BCUT2D eigenvalue weighted by molar-refractivity contribution is 8.13. The van der Waals surface area contributed by atoms with Gasteiger partial charge < -0.3 is 10.6 Å². The molecule has 2 aromatic carbocycles. The Morgan fingerprint density at radius 2 is 1.83 bits per heavy atom. The molecule has 0 radical (unpaired) electrons. The molecule has 2 N–H and O–H groups in total. The molecule has 0 aliphatic heterocycles. The summed E-state index contributed by atoms with van der Waals surface area (Å²) in [5.41, 5.74) is 0.572. The van der Waals surface area contributed by atoms with Gasteiger partial charge in [0.25, 0.3) is 11.1 Å². The van der Waals surface area contributed by atoms with E-state index in [4.69, 9.17) is 0 Å². The molecular weight excluding hydrogens is 322 g/mol. The average Bonchev–Trinajstić information content (AvgIpc) is 2.62. The molecule has 24 heavy (non-hydrogen) atoms. The minimum absolute atomic E-state index is 0.124. The number of nitrogens with one attached hydrogen (secondary N) is 2. The zero-order valence-corrected chi connectivity index (χ0v) is 13.8. The van der Waals surface area contributed by atoms with Gasteiger partial charge in [-0.05, 0) is 53.5 Å². The van der Waals surface area contributed by atoms with Crippen molar-refractivity contribution < 1.29 is 9.59 Å². The number of carbonyl (C=O) groups excluding carboxylic acids is 2. The first-order valence-corrected chi connectivity index (χ1v) is 8.14. The van der Waals surface area contributed by atoms with Gasteiger partial charge in [-0.1, -0.05) is 18.2 Å². The predicted molar refractivity (Wildman–Crippen MR) is 96.5 cm³/mol. The van der Waals surface area contributed by atoms with Crippen molar-refractivity contribution in [2.75, 3.05) is 12.4 Å². The van der Waals surface area contributed by atoms with Crippen LogP contribution in [-0.2, 0) is 0 Å². The molecule has 0 saturated carbocycles. The molecule has 2 amide bonds. The third kappa shape index (κ3) is 3.55. The van der Waals surface area contributed by atoms with Gasteiger partial charge in [-0.2, -0.15) is 0 Å². The monoisotopic (exact) mass is 337 g/mol. The molecule has 0 bridgehead atoms. The second-order valence-electron chi connectivity index (χ2n) is 5.00. The average molecular weight is 337 g/mol. The fourth-order valence-electron chi connectivity index (χ4n) is 2.25. The Hall–Kier alpha value is -2.86. The minimum atomic E-state index is -0.209. The second kappa shape index (κ2) is 7.14. The lowest BCUT2D eigenvalue weighted by molar-refractivity contribution is 0.102. The first-order valence-electron chi connectivity index (χ1n) is 7.32. The molecule has 3 aromatic rings. The molecule has 120 valence electrons. The standard InChI is InChI=1S/C18H15N3O2S/c1-19-18(23)24-14-7-8-15-13(11-14)9-10-20-16(15)21-17(22)12-5-3-2-4-6-12/h2-11H,1H3,(H,19,23)(H,20,21,22).